The van der Waals surface area contributed by atoms with Crippen LogP contribution < -0.4 is 5.32 Å². The molecule has 4 unspecified atom stereocenters. The summed E-state index contributed by atoms with van der Waals surface area (Å²) in [7, 11) is 0. The Morgan fingerprint density at radius 2 is 1.94 bits per heavy atom. The van der Waals surface area contributed by atoms with Gasteiger partial charge in [0.15, 0.2) is 0 Å². The molecule has 2 aliphatic carbocycles. The Morgan fingerprint density at radius 1 is 1.06 bits per heavy atom. The summed E-state index contributed by atoms with van der Waals surface area (Å²) < 4.78 is 0. The van der Waals surface area contributed by atoms with Crippen LogP contribution in [-0.4, -0.2) is 36.1 Å². The van der Waals surface area contributed by atoms with E-state index in [0.29, 0.717) is 0 Å². The highest BCUT2D eigenvalue weighted by Gasteiger charge is 2.41. The van der Waals surface area contributed by atoms with Crippen LogP contribution in [0.2, 0.25) is 0 Å². The van der Waals surface area contributed by atoms with Crippen LogP contribution in [0.1, 0.15) is 58.3 Å². The molecule has 2 saturated carbocycles. The van der Waals surface area contributed by atoms with Crippen LogP contribution >= 0.6 is 0 Å². The molecule has 3 fully saturated rings. The van der Waals surface area contributed by atoms with E-state index in [1.54, 1.807) is 0 Å². The SMILES string of the molecule is CCCNC1CCCC(N2CC3CCC2C3)C1. The average Bonchev–Trinajstić information content (AvgIpc) is 2.99. The van der Waals surface area contributed by atoms with Gasteiger partial charge in [0.1, 0.15) is 0 Å². The molecular weight excluding hydrogens is 208 g/mol. The van der Waals surface area contributed by atoms with Gasteiger partial charge in [0.05, 0.1) is 0 Å². The summed E-state index contributed by atoms with van der Waals surface area (Å²) in [6, 6.07) is 2.69. The zero-order valence-electron chi connectivity index (χ0n) is 11.3. The summed E-state index contributed by atoms with van der Waals surface area (Å²) in [5, 5.41) is 3.74. The van der Waals surface area contributed by atoms with Gasteiger partial charge < -0.3 is 5.32 Å². The number of nitrogens with zero attached hydrogens (tertiary/aromatic N) is 1. The summed E-state index contributed by atoms with van der Waals surface area (Å²) in [6.45, 7) is 4.91. The van der Waals surface area contributed by atoms with Gasteiger partial charge in [-0.05, 0) is 57.4 Å². The van der Waals surface area contributed by atoms with Crippen molar-refractivity contribution < 1.29 is 0 Å². The second-order valence-corrected chi connectivity index (χ2v) is 6.50. The van der Waals surface area contributed by atoms with Crippen molar-refractivity contribution in [1.29, 1.82) is 0 Å². The zero-order chi connectivity index (χ0) is 11.7. The predicted octanol–water partition coefficient (Wildman–Crippen LogP) is 2.78. The lowest BCUT2D eigenvalue weighted by Crippen LogP contribution is -2.47. The van der Waals surface area contributed by atoms with E-state index in [0.717, 1.165) is 24.0 Å². The van der Waals surface area contributed by atoms with Gasteiger partial charge in [-0.25, -0.2) is 0 Å². The van der Waals surface area contributed by atoms with E-state index in [4.69, 9.17) is 0 Å². The van der Waals surface area contributed by atoms with Gasteiger partial charge in [0.2, 0.25) is 0 Å². The smallest absolute Gasteiger partial charge is 0.0113 e. The fourth-order valence-corrected chi connectivity index (χ4v) is 4.41. The van der Waals surface area contributed by atoms with Gasteiger partial charge in [-0.15, -0.1) is 0 Å². The molecule has 98 valence electrons. The summed E-state index contributed by atoms with van der Waals surface area (Å²) in [6.07, 6.45) is 11.5. The quantitative estimate of drug-likeness (QED) is 0.807. The molecule has 0 aromatic rings. The summed E-state index contributed by atoms with van der Waals surface area (Å²) in [5.74, 6) is 1.06. The molecule has 3 aliphatic rings. The first kappa shape index (κ1) is 12.0. The number of fused-ring (bicyclic) bond motifs is 2. The van der Waals surface area contributed by atoms with E-state index in [-0.39, 0.29) is 0 Å². The zero-order valence-corrected chi connectivity index (χ0v) is 11.3. The first-order valence-electron chi connectivity index (χ1n) is 7.86. The third-order valence-electron chi connectivity index (χ3n) is 5.25. The van der Waals surface area contributed by atoms with Crippen molar-refractivity contribution in [2.24, 2.45) is 5.92 Å². The lowest BCUT2D eigenvalue weighted by atomic mass is 9.89. The minimum atomic E-state index is 0.813. The Kier molecular flexibility index (Phi) is 3.72. The molecule has 17 heavy (non-hydrogen) atoms. The lowest BCUT2D eigenvalue weighted by molar-refractivity contribution is 0.106. The van der Waals surface area contributed by atoms with Gasteiger partial charge in [-0.2, -0.15) is 0 Å². The highest BCUT2D eigenvalue weighted by Crippen LogP contribution is 2.41. The number of piperidine rings is 1. The third kappa shape index (κ3) is 2.53. The van der Waals surface area contributed by atoms with Crippen LogP contribution in [0.3, 0.4) is 0 Å². The molecule has 1 N–H and O–H groups in total. The first-order valence-corrected chi connectivity index (χ1v) is 7.86. The van der Waals surface area contributed by atoms with Crippen LogP contribution in [0.25, 0.3) is 0 Å². The van der Waals surface area contributed by atoms with Crippen molar-refractivity contribution in [3.63, 3.8) is 0 Å². The highest BCUT2D eigenvalue weighted by molar-refractivity contribution is 4.97. The van der Waals surface area contributed by atoms with Crippen LogP contribution in [0, 0.1) is 5.92 Å². The molecule has 2 bridgehead atoms. The second-order valence-electron chi connectivity index (χ2n) is 6.50. The van der Waals surface area contributed by atoms with Gasteiger partial charge in [0.25, 0.3) is 0 Å². The van der Waals surface area contributed by atoms with Gasteiger partial charge >= 0.3 is 0 Å². The molecule has 4 atom stereocenters. The molecule has 1 heterocycles. The number of rotatable bonds is 4. The predicted molar refractivity (Wildman–Crippen MR) is 72.2 cm³/mol. The number of nitrogens with one attached hydrogen (secondary N) is 1. The molecule has 3 rings (SSSR count). The molecule has 0 aromatic heterocycles. The molecule has 0 aromatic carbocycles. The topological polar surface area (TPSA) is 15.3 Å². The molecule has 1 saturated heterocycles. The van der Waals surface area contributed by atoms with Crippen molar-refractivity contribution in [3.8, 4) is 0 Å². The third-order valence-corrected chi connectivity index (χ3v) is 5.25. The maximum atomic E-state index is 3.74. The number of hydrogen-bond acceptors (Lipinski definition) is 2. The lowest BCUT2D eigenvalue weighted by Gasteiger charge is -2.40. The Hall–Kier alpha value is -0.0800. The number of likely N-dealkylation sites (tertiary alicyclic amines) is 1. The molecule has 0 radical (unpaired) electrons. The monoisotopic (exact) mass is 236 g/mol. The van der Waals surface area contributed by atoms with Crippen LogP contribution in [-0.2, 0) is 0 Å². The fraction of sp³-hybridized carbons (Fsp3) is 1.00. The second kappa shape index (κ2) is 5.27. The van der Waals surface area contributed by atoms with Crippen LogP contribution in [0.15, 0.2) is 0 Å². The van der Waals surface area contributed by atoms with Crippen LogP contribution in [0.5, 0.6) is 0 Å². The molecule has 2 heteroatoms. The molecule has 0 spiro atoms. The average molecular weight is 236 g/mol. The van der Waals surface area contributed by atoms with Gasteiger partial charge in [-0.3, -0.25) is 4.90 Å². The minimum Gasteiger partial charge on any atom is -0.314 e. The van der Waals surface area contributed by atoms with Gasteiger partial charge in [0, 0.05) is 24.7 Å². The standard InChI is InChI=1S/C15H28N2/c1-2-8-16-13-4-3-5-14(10-13)17-11-12-6-7-15(17)9-12/h12-16H,2-11H2,1H3. The first-order chi connectivity index (χ1) is 8.36. The maximum absolute atomic E-state index is 3.74. The Labute approximate surface area is 106 Å². The summed E-state index contributed by atoms with van der Waals surface area (Å²) in [5.41, 5.74) is 0. The maximum Gasteiger partial charge on any atom is 0.0113 e. The van der Waals surface area contributed by atoms with Gasteiger partial charge in [-0.1, -0.05) is 13.3 Å². The van der Waals surface area contributed by atoms with E-state index >= 15 is 0 Å². The molecular formula is C15H28N2. The van der Waals surface area contributed by atoms with E-state index in [1.165, 1.54) is 64.5 Å². The molecule has 0 amide bonds. The van der Waals surface area contributed by atoms with Crippen molar-refractivity contribution in [2.75, 3.05) is 13.1 Å². The van der Waals surface area contributed by atoms with Crippen molar-refractivity contribution in [3.05, 3.63) is 0 Å². The van der Waals surface area contributed by atoms with Crippen LogP contribution in [0.4, 0.5) is 0 Å². The largest absolute Gasteiger partial charge is 0.314 e. The highest BCUT2D eigenvalue weighted by atomic mass is 15.2. The number of hydrogen-bond donors (Lipinski definition) is 1. The Balaban J connectivity index is 1.53. The minimum absolute atomic E-state index is 0.813. The fourth-order valence-electron chi connectivity index (χ4n) is 4.41. The normalized spacial score (nSPS) is 42.2. The summed E-state index contributed by atoms with van der Waals surface area (Å²) >= 11 is 0. The van der Waals surface area contributed by atoms with E-state index in [2.05, 4.69) is 17.1 Å². The van der Waals surface area contributed by atoms with Crippen molar-refractivity contribution in [2.45, 2.75) is 76.4 Å². The molecule has 1 aliphatic heterocycles. The molecule has 2 nitrogen and oxygen atoms in total. The Morgan fingerprint density at radius 3 is 2.65 bits per heavy atom. The van der Waals surface area contributed by atoms with E-state index in [1.807, 2.05) is 0 Å². The Bertz CT molecular complexity index is 253. The van der Waals surface area contributed by atoms with Crippen molar-refractivity contribution in [1.82, 2.24) is 10.2 Å². The van der Waals surface area contributed by atoms with E-state index in [9.17, 15) is 0 Å². The van der Waals surface area contributed by atoms with E-state index < -0.39 is 0 Å². The summed E-state index contributed by atoms with van der Waals surface area (Å²) in [4.78, 5) is 2.88. The van der Waals surface area contributed by atoms with Crippen molar-refractivity contribution >= 4 is 0 Å².